The van der Waals surface area contributed by atoms with E-state index in [2.05, 4.69) is 53.7 Å². The summed E-state index contributed by atoms with van der Waals surface area (Å²) in [6.07, 6.45) is 6.16. The first-order chi connectivity index (χ1) is 8.70. The molecule has 0 saturated heterocycles. The molecule has 5 heteroatoms. The molecule has 18 heavy (non-hydrogen) atoms. The molecule has 0 bridgehead atoms. The van der Waals surface area contributed by atoms with Gasteiger partial charge in [-0.05, 0) is 40.5 Å². The van der Waals surface area contributed by atoms with Gasteiger partial charge in [0.1, 0.15) is 0 Å². The number of aromatic nitrogens is 2. The second-order valence-electron chi connectivity index (χ2n) is 4.05. The van der Waals surface area contributed by atoms with Crippen LogP contribution in [0.1, 0.15) is 19.8 Å². The van der Waals surface area contributed by atoms with Gasteiger partial charge in [0.15, 0.2) is 0 Å². The van der Waals surface area contributed by atoms with Gasteiger partial charge < -0.3 is 9.88 Å². The highest BCUT2D eigenvalue weighted by atomic mass is 79.9. The zero-order valence-corrected chi connectivity index (χ0v) is 13.3. The lowest BCUT2D eigenvalue weighted by Gasteiger charge is -2.11. The SMILES string of the molecule is CCCCn1ccnc1Nc1cc(Br)ccc1Br. The number of benzene rings is 1. The molecule has 0 atom stereocenters. The van der Waals surface area contributed by atoms with Crippen LogP contribution in [0.4, 0.5) is 11.6 Å². The van der Waals surface area contributed by atoms with Gasteiger partial charge in [-0.1, -0.05) is 29.3 Å². The third kappa shape index (κ3) is 3.36. The lowest BCUT2D eigenvalue weighted by molar-refractivity contribution is 0.638. The first kappa shape index (κ1) is 13.6. The van der Waals surface area contributed by atoms with Gasteiger partial charge in [-0.15, -0.1) is 0 Å². The number of imidazole rings is 1. The Kier molecular flexibility index (Phi) is 4.83. The third-order valence-corrected chi connectivity index (χ3v) is 3.83. The number of nitrogens with one attached hydrogen (secondary N) is 1. The van der Waals surface area contributed by atoms with Gasteiger partial charge in [0.2, 0.25) is 5.95 Å². The minimum Gasteiger partial charge on any atom is -0.325 e. The molecule has 0 aliphatic rings. The van der Waals surface area contributed by atoms with E-state index in [0.29, 0.717) is 0 Å². The maximum atomic E-state index is 4.35. The summed E-state index contributed by atoms with van der Waals surface area (Å²) in [5.41, 5.74) is 1.01. The van der Waals surface area contributed by atoms with E-state index in [-0.39, 0.29) is 0 Å². The van der Waals surface area contributed by atoms with Crippen LogP contribution < -0.4 is 5.32 Å². The molecule has 1 aromatic heterocycles. The quantitative estimate of drug-likeness (QED) is 0.804. The second kappa shape index (κ2) is 6.38. The molecule has 96 valence electrons. The number of aryl methyl sites for hydroxylation is 1. The summed E-state index contributed by atoms with van der Waals surface area (Å²) < 4.78 is 4.20. The van der Waals surface area contributed by atoms with Gasteiger partial charge in [0.05, 0.1) is 5.69 Å². The normalized spacial score (nSPS) is 10.6. The Labute approximate surface area is 124 Å². The van der Waals surface area contributed by atoms with Crippen LogP contribution in [0.25, 0.3) is 0 Å². The van der Waals surface area contributed by atoms with Crippen LogP contribution in [0.5, 0.6) is 0 Å². The minimum atomic E-state index is 0.877. The number of unbranched alkanes of at least 4 members (excludes halogenated alkanes) is 1. The molecule has 2 aromatic rings. The molecule has 0 radical (unpaired) electrons. The van der Waals surface area contributed by atoms with E-state index in [1.807, 2.05) is 30.6 Å². The Hall–Kier alpha value is -0.810. The van der Waals surface area contributed by atoms with E-state index in [9.17, 15) is 0 Å². The minimum absolute atomic E-state index is 0.877. The number of hydrogen-bond acceptors (Lipinski definition) is 2. The van der Waals surface area contributed by atoms with E-state index in [0.717, 1.165) is 33.5 Å². The molecule has 0 spiro atoms. The van der Waals surface area contributed by atoms with Crippen LogP contribution in [0, 0.1) is 0 Å². The Morgan fingerprint density at radius 2 is 2.17 bits per heavy atom. The van der Waals surface area contributed by atoms with Crippen LogP contribution in [-0.4, -0.2) is 9.55 Å². The first-order valence-corrected chi connectivity index (χ1v) is 7.52. The summed E-state index contributed by atoms with van der Waals surface area (Å²) in [4.78, 5) is 4.35. The summed E-state index contributed by atoms with van der Waals surface area (Å²) >= 11 is 7.01. The van der Waals surface area contributed by atoms with Crippen molar-refractivity contribution in [2.75, 3.05) is 5.32 Å². The summed E-state index contributed by atoms with van der Waals surface area (Å²) in [6.45, 7) is 3.18. The average Bonchev–Trinajstić information content (AvgIpc) is 2.79. The molecule has 0 saturated carbocycles. The zero-order valence-electron chi connectivity index (χ0n) is 10.2. The summed E-state index contributed by atoms with van der Waals surface area (Å²) in [6, 6.07) is 6.04. The van der Waals surface area contributed by atoms with Crippen LogP contribution in [0.2, 0.25) is 0 Å². The van der Waals surface area contributed by atoms with Crippen molar-refractivity contribution in [1.82, 2.24) is 9.55 Å². The van der Waals surface area contributed by atoms with Crippen LogP contribution >= 0.6 is 31.9 Å². The van der Waals surface area contributed by atoms with E-state index in [4.69, 9.17) is 0 Å². The summed E-state index contributed by atoms with van der Waals surface area (Å²) in [5.74, 6) is 0.877. The Morgan fingerprint density at radius 3 is 2.94 bits per heavy atom. The molecule has 1 N–H and O–H groups in total. The molecule has 0 fully saturated rings. The van der Waals surface area contributed by atoms with Crippen molar-refractivity contribution in [1.29, 1.82) is 0 Å². The molecule has 2 rings (SSSR count). The zero-order chi connectivity index (χ0) is 13.0. The van der Waals surface area contributed by atoms with Gasteiger partial charge in [-0.3, -0.25) is 0 Å². The maximum Gasteiger partial charge on any atom is 0.207 e. The lowest BCUT2D eigenvalue weighted by Crippen LogP contribution is -2.03. The molecule has 0 aliphatic heterocycles. The smallest absolute Gasteiger partial charge is 0.207 e. The predicted molar refractivity (Wildman–Crippen MR) is 82.3 cm³/mol. The van der Waals surface area contributed by atoms with Gasteiger partial charge in [-0.25, -0.2) is 4.98 Å². The standard InChI is InChI=1S/C13H15Br2N3/c1-2-3-7-18-8-6-16-13(18)17-12-9-10(14)4-5-11(12)15/h4-6,8-9H,2-3,7H2,1H3,(H,16,17). The number of halogens is 2. The van der Waals surface area contributed by atoms with Crippen molar-refractivity contribution < 1.29 is 0 Å². The van der Waals surface area contributed by atoms with E-state index < -0.39 is 0 Å². The van der Waals surface area contributed by atoms with Gasteiger partial charge in [-0.2, -0.15) is 0 Å². The van der Waals surface area contributed by atoms with Crippen molar-refractivity contribution in [3.05, 3.63) is 39.5 Å². The van der Waals surface area contributed by atoms with Crippen molar-refractivity contribution in [2.24, 2.45) is 0 Å². The molecule has 0 aliphatic carbocycles. The Morgan fingerprint density at radius 1 is 1.33 bits per heavy atom. The Balaban J connectivity index is 2.18. The highest BCUT2D eigenvalue weighted by Crippen LogP contribution is 2.28. The van der Waals surface area contributed by atoms with E-state index >= 15 is 0 Å². The van der Waals surface area contributed by atoms with Crippen molar-refractivity contribution in [2.45, 2.75) is 26.3 Å². The van der Waals surface area contributed by atoms with Gasteiger partial charge in [0, 0.05) is 27.9 Å². The number of hydrogen-bond donors (Lipinski definition) is 1. The van der Waals surface area contributed by atoms with Crippen molar-refractivity contribution in [3.8, 4) is 0 Å². The molecule has 3 nitrogen and oxygen atoms in total. The summed E-state index contributed by atoms with van der Waals surface area (Å²) in [7, 11) is 0. The fourth-order valence-corrected chi connectivity index (χ4v) is 2.36. The van der Waals surface area contributed by atoms with Gasteiger partial charge in [0.25, 0.3) is 0 Å². The topological polar surface area (TPSA) is 29.9 Å². The van der Waals surface area contributed by atoms with E-state index in [1.54, 1.807) is 0 Å². The second-order valence-corrected chi connectivity index (χ2v) is 5.82. The molecule has 0 unspecified atom stereocenters. The van der Waals surface area contributed by atoms with E-state index in [1.165, 1.54) is 6.42 Å². The molecule has 1 heterocycles. The monoisotopic (exact) mass is 371 g/mol. The Bertz CT molecular complexity index is 523. The highest BCUT2D eigenvalue weighted by molar-refractivity contribution is 9.11. The maximum absolute atomic E-state index is 4.35. The molecular formula is C13H15Br2N3. The fraction of sp³-hybridized carbons (Fsp3) is 0.308. The molecule has 1 aromatic carbocycles. The molecular weight excluding hydrogens is 358 g/mol. The largest absolute Gasteiger partial charge is 0.325 e. The van der Waals surface area contributed by atoms with Crippen molar-refractivity contribution >= 4 is 43.5 Å². The number of rotatable bonds is 5. The number of anilines is 2. The van der Waals surface area contributed by atoms with Crippen LogP contribution in [0.3, 0.4) is 0 Å². The predicted octanol–water partition coefficient (Wildman–Crippen LogP) is 4.95. The molecule has 0 amide bonds. The third-order valence-electron chi connectivity index (χ3n) is 2.64. The van der Waals surface area contributed by atoms with Crippen LogP contribution in [0.15, 0.2) is 39.5 Å². The highest BCUT2D eigenvalue weighted by Gasteiger charge is 2.06. The average molecular weight is 373 g/mol. The summed E-state index contributed by atoms with van der Waals surface area (Å²) in [5, 5.41) is 3.35. The van der Waals surface area contributed by atoms with Crippen LogP contribution in [-0.2, 0) is 6.54 Å². The number of nitrogens with zero attached hydrogens (tertiary/aromatic N) is 2. The first-order valence-electron chi connectivity index (χ1n) is 5.94. The lowest BCUT2D eigenvalue weighted by atomic mass is 10.3. The fourth-order valence-electron chi connectivity index (χ4n) is 1.66. The van der Waals surface area contributed by atoms with Crippen molar-refractivity contribution in [3.63, 3.8) is 0 Å². The van der Waals surface area contributed by atoms with Gasteiger partial charge >= 0.3 is 0 Å².